The minimum atomic E-state index is -0.414. The zero-order valence-corrected chi connectivity index (χ0v) is 19.5. The number of hydrogen-bond donors (Lipinski definition) is 0. The summed E-state index contributed by atoms with van der Waals surface area (Å²) >= 11 is 7.82. The fraction of sp³-hybridized carbons (Fsp3) is 0.174. The molecule has 0 unspecified atom stereocenters. The Morgan fingerprint density at radius 3 is 2.82 bits per heavy atom. The molecule has 0 radical (unpaired) electrons. The van der Waals surface area contributed by atoms with Gasteiger partial charge in [-0.25, -0.2) is 0 Å². The average molecular weight is 496 g/mol. The number of halogens is 1. The summed E-state index contributed by atoms with van der Waals surface area (Å²) < 4.78 is 12.9. The molecule has 2 aromatic carbocycles. The maximum Gasteiger partial charge on any atom is 0.270 e. The second-order valence-corrected chi connectivity index (χ2v) is 8.86. The number of fused-ring (bicyclic) bond motifs is 1. The minimum absolute atomic E-state index is 0.00641. The number of rotatable bonds is 6. The highest BCUT2D eigenvalue weighted by Gasteiger charge is 2.23. The van der Waals surface area contributed by atoms with Crippen LogP contribution in [-0.4, -0.2) is 31.5 Å². The molecule has 0 fully saturated rings. The van der Waals surface area contributed by atoms with Crippen LogP contribution in [0.3, 0.4) is 0 Å². The third-order valence-corrected chi connectivity index (χ3v) is 6.78. The van der Waals surface area contributed by atoms with E-state index >= 15 is 0 Å². The SMILES string of the molecule is Cc1c(Cl)cccc1-n1c(SCc2cc([N+](=O)[O-])cc3c2OCOC3)nnc1-c1ccncc1. The van der Waals surface area contributed by atoms with Crippen LogP contribution in [-0.2, 0) is 17.1 Å². The highest BCUT2D eigenvalue weighted by atomic mass is 35.5. The second-order valence-electron chi connectivity index (χ2n) is 7.51. The molecule has 11 heteroatoms. The number of aromatic nitrogens is 4. The molecule has 5 rings (SSSR count). The number of nitrogens with zero attached hydrogens (tertiary/aromatic N) is 5. The van der Waals surface area contributed by atoms with Gasteiger partial charge in [-0.15, -0.1) is 10.2 Å². The number of nitro benzene ring substituents is 1. The van der Waals surface area contributed by atoms with E-state index in [4.69, 9.17) is 21.1 Å². The molecule has 0 spiro atoms. The zero-order chi connectivity index (χ0) is 23.7. The number of nitro groups is 1. The Balaban J connectivity index is 1.57. The zero-order valence-electron chi connectivity index (χ0n) is 18.0. The molecule has 9 nitrogen and oxygen atoms in total. The highest BCUT2D eigenvalue weighted by Crippen LogP contribution is 2.38. The molecule has 34 heavy (non-hydrogen) atoms. The Bertz CT molecular complexity index is 1380. The van der Waals surface area contributed by atoms with Crippen LogP contribution in [0.5, 0.6) is 5.75 Å². The van der Waals surface area contributed by atoms with Gasteiger partial charge in [-0.2, -0.15) is 0 Å². The topological polar surface area (TPSA) is 105 Å². The average Bonchev–Trinajstić information content (AvgIpc) is 3.28. The summed E-state index contributed by atoms with van der Waals surface area (Å²) in [4.78, 5) is 15.1. The first-order chi connectivity index (χ1) is 16.5. The van der Waals surface area contributed by atoms with E-state index in [0.717, 1.165) is 16.8 Å². The quantitative estimate of drug-likeness (QED) is 0.200. The third-order valence-electron chi connectivity index (χ3n) is 5.39. The number of hydrogen-bond acceptors (Lipinski definition) is 8. The van der Waals surface area contributed by atoms with Gasteiger partial charge in [-0.3, -0.25) is 19.7 Å². The lowest BCUT2D eigenvalue weighted by molar-refractivity contribution is -0.385. The molecule has 2 aromatic heterocycles. The van der Waals surface area contributed by atoms with Gasteiger partial charge in [0, 0.05) is 52.0 Å². The molecule has 4 aromatic rings. The first-order valence-corrected chi connectivity index (χ1v) is 11.6. The highest BCUT2D eigenvalue weighted by molar-refractivity contribution is 7.98. The van der Waals surface area contributed by atoms with Crippen molar-refractivity contribution < 1.29 is 14.4 Å². The normalized spacial score (nSPS) is 12.8. The molecule has 0 N–H and O–H groups in total. The van der Waals surface area contributed by atoms with Crippen molar-refractivity contribution in [3.05, 3.63) is 86.7 Å². The summed E-state index contributed by atoms with van der Waals surface area (Å²) in [6.07, 6.45) is 3.39. The number of ether oxygens (including phenoxy) is 2. The van der Waals surface area contributed by atoms with Gasteiger partial charge in [0.25, 0.3) is 5.69 Å². The van der Waals surface area contributed by atoms with Crippen LogP contribution in [0.15, 0.2) is 60.0 Å². The lowest BCUT2D eigenvalue weighted by Crippen LogP contribution is -2.13. The predicted octanol–water partition coefficient (Wildman–Crippen LogP) is 5.36. The van der Waals surface area contributed by atoms with Crippen LogP contribution in [0.4, 0.5) is 5.69 Å². The van der Waals surface area contributed by atoms with Gasteiger partial charge in [0.2, 0.25) is 0 Å². The second kappa shape index (κ2) is 9.41. The summed E-state index contributed by atoms with van der Waals surface area (Å²) in [6.45, 7) is 2.30. The molecule has 0 saturated heterocycles. The van der Waals surface area contributed by atoms with Crippen LogP contribution in [0.1, 0.15) is 16.7 Å². The van der Waals surface area contributed by atoms with Crippen molar-refractivity contribution in [3.8, 4) is 22.8 Å². The summed E-state index contributed by atoms with van der Waals surface area (Å²) in [5.41, 5.74) is 3.92. The molecule has 0 saturated carbocycles. The first kappa shape index (κ1) is 22.3. The van der Waals surface area contributed by atoms with Crippen molar-refractivity contribution >= 4 is 29.1 Å². The molecule has 0 bridgehead atoms. The van der Waals surface area contributed by atoms with E-state index in [-0.39, 0.29) is 19.1 Å². The molecule has 172 valence electrons. The first-order valence-electron chi connectivity index (χ1n) is 10.3. The Hall–Kier alpha value is -3.47. The molecule has 0 amide bonds. The van der Waals surface area contributed by atoms with Crippen LogP contribution in [0, 0.1) is 17.0 Å². The Kier molecular flexibility index (Phi) is 6.18. The van der Waals surface area contributed by atoms with Crippen molar-refractivity contribution in [2.45, 2.75) is 24.4 Å². The molecular formula is C23H18ClN5O4S. The predicted molar refractivity (Wildman–Crippen MR) is 127 cm³/mol. The van der Waals surface area contributed by atoms with Crippen LogP contribution in [0.25, 0.3) is 17.1 Å². The van der Waals surface area contributed by atoms with E-state index in [0.29, 0.717) is 38.6 Å². The van der Waals surface area contributed by atoms with E-state index in [1.807, 2.05) is 41.8 Å². The van der Waals surface area contributed by atoms with E-state index in [1.165, 1.54) is 23.9 Å². The van der Waals surface area contributed by atoms with Crippen molar-refractivity contribution in [2.24, 2.45) is 0 Å². The van der Waals surface area contributed by atoms with Gasteiger partial charge < -0.3 is 9.47 Å². The van der Waals surface area contributed by atoms with Crippen molar-refractivity contribution in [1.29, 1.82) is 0 Å². The molecule has 0 aliphatic carbocycles. The molecule has 0 atom stereocenters. The van der Waals surface area contributed by atoms with E-state index in [9.17, 15) is 10.1 Å². The van der Waals surface area contributed by atoms with Gasteiger partial charge in [-0.1, -0.05) is 29.4 Å². The monoisotopic (exact) mass is 495 g/mol. The van der Waals surface area contributed by atoms with Gasteiger partial charge in [0.1, 0.15) is 5.75 Å². The van der Waals surface area contributed by atoms with Crippen molar-refractivity contribution in [3.63, 3.8) is 0 Å². The molecular weight excluding hydrogens is 478 g/mol. The van der Waals surface area contributed by atoms with Crippen molar-refractivity contribution in [1.82, 2.24) is 19.7 Å². The summed E-state index contributed by atoms with van der Waals surface area (Å²) in [7, 11) is 0. The van der Waals surface area contributed by atoms with Crippen LogP contribution in [0.2, 0.25) is 5.02 Å². The molecule has 1 aliphatic heterocycles. The van der Waals surface area contributed by atoms with Gasteiger partial charge >= 0.3 is 0 Å². The third kappa shape index (κ3) is 4.23. The number of thioether (sulfide) groups is 1. The Morgan fingerprint density at radius 2 is 2.03 bits per heavy atom. The van der Waals surface area contributed by atoms with E-state index in [2.05, 4.69) is 15.2 Å². The van der Waals surface area contributed by atoms with E-state index < -0.39 is 4.92 Å². The van der Waals surface area contributed by atoms with E-state index in [1.54, 1.807) is 12.4 Å². The minimum Gasteiger partial charge on any atom is -0.467 e. The fourth-order valence-electron chi connectivity index (χ4n) is 3.74. The Labute approximate surface area is 203 Å². The van der Waals surface area contributed by atoms with Gasteiger partial charge in [-0.05, 0) is 36.8 Å². The standard InChI is InChI=1S/C23H18ClN5O4S/c1-14-19(24)3-2-4-20(14)28-22(15-5-7-25-8-6-15)26-27-23(28)34-12-17-10-18(29(30)31)9-16-11-32-13-33-21(16)17/h2-10H,11-13H2,1H3. The molecule has 3 heterocycles. The smallest absolute Gasteiger partial charge is 0.270 e. The fourth-order valence-corrected chi connectivity index (χ4v) is 4.82. The lowest BCUT2D eigenvalue weighted by Gasteiger charge is -2.20. The maximum atomic E-state index is 11.5. The summed E-state index contributed by atoms with van der Waals surface area (Å²) in [6, 6.07) is 12.4. The van der Waals surface area contributed by atoms with Crippen LogP contribution >= 0.6 is 23.4 Å². The van der Waals surface area contributed by atoms with Gasteiger partial charge in [0.15, 0.2) is 17.8 Å². The Morgan fingerprint density at radius 1 is 1.21 bits per heavy atom. The number of non-ortho nitro benzene ring substituents is 1. The number of benzene rings is 2. The maximum absolute atomic E-state index is 11.5. The largest absolute Gasteiger partial charge is 0.467 e. The summed E-state index contributed by atoms with van der Waals surface area (Å²) in [5, 5.41) is 21.6. The lowest BCUT2D eigenvalue weighted by atomic mass is 10.1. The van der Waals surface area contributed by atoms with Crippen molar-refractivity contribution in [2.75, 3.05) is 6.79 Å². The van der Waals surface area contributed by atoms with Crippen LogP contribution < -0.4 is 4.74 Å². The number of pyridine rings is 1. The summed E-state index contributed by atoms with van der Waals surface area (Å²) in [5.74, 6) is 1.64. The molecule has 1 aliphatic rings. The van der Waals surface area contributed by atoms with Gasteiger partial charge in [0.05, 0.1) is 17.2 Å².